The van der Waals surface area contributed by atoms with Crippen molar-refractivity contribution < 1.29 is 33.5 Å². The number of carboxylic acid groups (broad SMARTS) is 1. The van der Waals surface area contributed by atoms with Gasteiger partial charge in [-0.05, 0) is 64.7 Å². The second-order valence-corrected chi connectivity index (χ2v) is 8.94. The van der Waals surface area contributed by atoms with Gasteiger partial charge < -0.3 is 34.5 Å². The number of hydrogen-bond acceptors (Lipinski definition) is 6. The van der Waals surface area contributed by atoms with Crippen LogP contribution in [0.5, 0.6) is 5.75 Å². The Morgan fingerprint density at radius 3 is 2.34 bits per heavy atom. The van der Waals surface area contributed by atoms with Crippen molar-refractivity contribution in [3.63, 3.8) is 0 Å². The summed E-state index contributed by atoms with van der Waals surface area (Å²) < 4.78 is 22.6. The molecule has 2 rings (SSSR count). The van der Waals surface area contributed by atoms with Gasteiger partial charge in [-0.15, -0.1) is 0 Å². The molecule has 1 aromatic rings. The second kappa shape index (κ2) is 11.0. The van der Waals surface area contributed by atoms with Crippen LogP contribution in [0.25, 0.3) is 0 Å². The fourth-order valence-corrected chi connectivity index (χ4v) is 3.47. The molecule has 2 amide bonds. The molecule has 1 aliphatic heterocycles. The fraction of sp³-hybridized carbons (Fsp3) is 0.636. The summed E-state index contributed by atoms with van der Waals surface area (Å²) in [6, 6.07) is 6.79. The minimum absolute atomic E-state index is 0.0853. The van der Waals surface area contributed by atoms with Crippen LogP contribution in [0.3, 0.4) is 0 Å². The van der Waals surface area contributed by atoms with Gasteiger partial charge in [-0.1, -0.05) is 12.1 Å². The van der Waals surface area contributed by atoms with Crippen molar-refractivity contribution >= 4 is 19.1 Å². The van der Waals surface area contributed by atoms with Gasteiger partial charge >= 0.3 is 13.2 Å². The maximum atomic E-state index is 12.8. The van der Waals surface area contributed by atoms with Gasteiger partial charge in [-0.25, -0.2) is 4.79 Å². The van der Waals surface area contributed by atoms with Crippen molar-refractivity contribution in [3.05, 3.63) is 29.8 Å². The highest BCUT2D eigenvalue weighted by Gasteiger charge is 2.54. The number of amides is 2. The topological polar surface area (TPSA) is 115 Å². The molecule has 1 heterocycles. The van der Waals surface area contributed by atoms with Crippen LogP contribution in [0, 0.1) is 0 Å². The molecule has 3 N–H and O–H groups in total. The Morgan fingerprint density at radius 2 is 1.78 bits per heavy atom. The summed E-state index contributed by atoms with van der Waals surface area (Å²) in [6.07, 6.45) is 0.806. The molecule has 1 saturated heterocycles. The third-order valence-corrected chi connectivity index (χ3v) is 5.99. The second-order valence-electron chi connectivity index (χ2n) is 8.94. The highest BCUT2D eigenvalue weighted by atomic mass is 16.7. The quantitative estimate of drug-likeness (QED) is 0.444. The van der Waals surface area contributed by atoms with E-state index in [9.17, 15) is 9.59 Å². The predicted octanol–water partition coefficient (Wildman–Crippen LogP) is 2.42. The summed E-state index contributed by atoms with van der Waals surface area (Å²) in [6.45, 7) is 7.70. The van der Waals surface area contributed by atoms with Gasteiger partial charge in [0.05, 0.1) is 30.9 Å². The van der Waals surface area contributed by atoms with Crippen LogP contribution in [0.4, 0.5) is 4.79 Å². The minimum Gasteiger partial charge on any atom is -0.497 e. The van der Waals surface area contributed by atoms with Crippen LogP contribution in [0.2, 0.25) is 0 Å². The monoisotopic (exact) mass is 450 g/mol. The number of ether oxygens (including phenoxy) is 2. The lowest BCUT2D eigenvalue weighted by molar-refractivity contribution is -0.124. The van der Waals surface area contributed by atoms with E-state index in [1.807, 2.05) is 52.0 Å². The normalized spacial score (nSPS) is 18.6. The molecule has 0 saturated carbocycles. The van der Waals surface area contributed by atoms with Crippen LogP contribution in [-0.2, 0) is 25.3 Å². The predicted molar refractivity (Wildman–Crippen MR) is 121 cm³/mol. The standard InChI is InChI=1S/C22H35BN2O7/c1-21(2)22(3,4)32-23(31-21)18(25-19(26)17(14-29-5)24-20(27)28)12-8-10-15-9-7-11-16(13-15)30-6/h7,9,11,13,17-18,24H,8,10,12,14H2,1-6H3,(H,25,26)(H,27,28). The summed E-state index contributed by atoms with van der Waals surface area (Å²) in [5.74, 6) is -0.167. The minimum atomic E-state index is -1.30. The first-order valence-corrected chi connectivity index (χ1v) is 10.8. The maximum Gasteiger partial charge on any atom is 0.481 e. The van der Waals surface area contributed by atoms with Crippen LogP contribution in [0.15, 0.2) is 24.3 Å². The van der Waals surface area contributed by atoms with E-state index in [4.69, 9.17) is 23.9 Å². The van der Waals surface area contributed by atoms with E-state index < -0.39 is 42.3 Å². The van der Waals surface area contributed by atoms with E-state index in [0.717, 1.165) is 24.2 Å². The third kappa shape index (κ3) is 6.85. The Morgan fingerprint density at radius 1 is 1.12 bits per heavy atom. The highest BCUT2D eigenvalue weighted by molar-refractivity contribution is 6.48. The first kappa shape index (κ1) is 26.0. The number of hydrogen-bond donors (Lipinski definition) is 3. The third-order valence-electron chi connectivity index (χ3n) is 5.99. The number of rotatable bonds is 11. The van der Waals surface area contributed by atoms with Crippen LogP contribution >= 0.6 is 0 Å². The van der Waals surface area contributed by atoms with Crippen molar-refractivity contribution in [2.45, 2.75) is 70.1 Å². The zero-order valence-corrected chi connectivity index (χ0v) is 19.8. The van der Waals surface area contributed by atoms with E-state index in [1.165, 1.54) is 7.11 Å². The Bertz CT molecular complexity index is 771. The van der Waals surface area contributed by atoms with E-state index in [2.05, 4.69) is 10.6 Å². The van der Waals surface area contributed by atoms with Crippen molar-refractivity contribution in [1.29, 1.82) is 0 Å². The lowest BCUT2D eigenvalue weighted by Crippen LogP contribution is -2.55. The molecular weight excluding hydrogens is 415 g/mol. The first-order chi connectivity index (χ1) is 15.0. The lowest BCUT2D eigenvalue weighted by atomic mass is 9.75. The number of nitrogens with one attached hydrogen (secondary N) is 2. The van der Waals surface area contributed by atoms with Crippen LogP contribution in [-0.4, -0.2) is 68.2 Å². The molecule has 0 bridgehead atoms. The van der Waals surface area contributed by atoms with Gasteiger partial charge in [0.1, 0.15) is 11.8 Å². The van der Waals surface area contributed by atoms with Gasteiger partial charge in [-0.2, -0.15) is 0 Å². The van der Waals surface area contributed by atoms with E-state index >= 15 is 0 Å². The Hall–Kier alpha value is -2.30. The molecule has 2 atom stereocenters. The summed E-state index contributed by atoms with van der Waals surface area (Å²) >= 11 is 0. The lowest BCUT2D eigenvalue weighted by Gasteiger charge is -2.32. The van der Waals surface area contributed by atoms with Gasteiger partial charge in [0.15, 0.2) is 0 Å². The van der Waals surface area contributed by atoms with Crippen molar-refractivity contribution in [1.82, 2.24) is 10.6 Å². The molecule has 1 aliphatic rings. The molecule has 178 valence electrons. The molecule has 32 heavy (non-hydrogen) atoms. The molecule has 0 spiro atoms. The van der Waals surface area contributed by atoms with Crippen molar-refractivity contribution in [2.24, 2.45) is 0 Å². The zero-order chi connectivity index (χ0) is 23.9. The Balaban J connectivity index is 2.11. The molecule has 1 aromatic carbocycles. The molecule has 0 radical (unpaired) electrons. The summed E-state index contributed by atoms with van der Waals surface area (Å²) in [5.41, 5.74) is 0.00494. The van der Waals surface area contributed by atoms with Crippen LogP contribution in [0.1, 0.15) is 46.1 Å². The van der Waals surface area contributed by atoms with Gasteiger partial charge in [0, 0.05) is 7.11 Å². The molecule has 0 aliphatic carbocycles. The molecule has 0 aromatic heterocycles. The number of methoxy groups -OCH3 is 2. The molecule has 9 nitrogen and oxygen atoms in total. The molecule has 1 fully saturated rings. The molecule has 10 heteroatoms. The zero-order valence-electron chi connectivity index (χ0n) is 19.8. The van der Waals surface area contributed by atoms with E-state index in [0.29, 0.717) is 6.42 Å². The van der Waals surface area contributed by atoms with Gasteiger partial charge in [-0.3, -0.25) is 4.79 Å². The number of carbonyl (C=O) groups is 2. The average Bonchev–Trinajstić information content (AvgIpc) is 2.93. The number of benzene rings is 1. The largest absolute Gasteiger partial charge is 0.497 e. The van der Waals surface area contributed by atoms with E-state index in [1.54, 1.807) is 7.11 Å². The average molecular weight is 450 g/mol. The van der Waals surface area contributed by atoms with Crippen LogP contribution < -0.4 is 15.4 Å². The van der Waals surface area contributed by atoms with E-state index in [-0.39, 0.29) is 6.61 Å². The summed E-state index contributed by atoms with van der Waals surface area (Å²) in [5, 5.41) is 14.1. The first-order valence-electron chi connectivity index (χ1n) is 10.8. The van der Waals surface area contributed by atoms with Crippen molar-refractivity contribution in [2.75, 3.05) is 20.8 Å². The Labute approximate surface area is 190 Å². The van der Waals surface area contributed by atoms with Gasteiger partial charge in [0.25, 0.3) is 0 Å². The molecular formula is C22H35BN2O7. The fourth-order valence-electron chi connectivity index (χ4n) is 3.47. The summed E-state index contributed by atoms with van der Waals surface area (Å²) in [7, 11) is 2.37. The maximum absolute atomic E-state index is 12.8. The number of aryl methyl sites for hydroxylation is 1. The highest BCUT2D eigenvalue weighted by Crippen LogP contribution is 2.38. The Kier molecular flexibility index (Phi) is 8.94. The summed E-state index contributed by atoms with van der Waals surface area (Å²) in [4.78, 5) is 23.9. The van der Waals surface area contributed by atoms with Crippen molar-refractivity contribution in [3.8, 4) is 5.75 Å². The molecule has 2 unspecified atom stereocenters. The van der Waals surface area contributed by atoms with Gasteiger partial charge in [0.2, 0.25) is 5.91 Å². The number of carbonyl (C=O) groups excluding carboxylic acids is 1. The smallest absolute Gasteiger partial charge is 0.481 e. The SMILES string of the molecule is COCC(NC(=O)O)C(=O)NC(CCCc1cccc(OC)c1)B1OC(C)(C)C(C)(C)O1.